The van der Waals surface area contributed by atoms with Gasteiger partial charge in [-0.25, -0.2) is 0 Å². The molecule has 2 heteroatoms. The lowest BCUT2D eigenvalue weighted by Gasteiger charge is -2.07. The van der Waals surface area contributed by atoms with Crippen LogP contribution >= 0.6 is 0 Å². The van der Waals surface area contributed by atoms with E-state index in [0.29, 0.717) is 11.5 Å². The van der Waals surface area contributed by atoms with Crippen LogP contribution in [0.2, 0.25) is 0 Å². The molecule has 0 fully saturated rings. The molecular formula is C14H18O2. The number of rotatable bonds is 4. The molecule has 0 aliphatic carbocycles. The van der Waals surface area contributed by atoms with E-state index in [1.54, 1.807) is 26.0 Å². The summed E-state index contributed by atoms with van der Waals surface area (Å²) in [6.45, 7) is 7.66. The first-order chi connectivity index (χ1) is 7.43. The van der Waals surface area contributed by atoms with Crippen LogP contribution in [0.1, 0.15) is 49.5 Å². The molecule has 1 rings (SSSR count). The number of hydrogen-bond donors (Lipinski definition) is 0. The first-order valence-corrected chi connectivity index (χ1v) is 5.62. The van der Waals surface area contributed by atoms with E-state index < -0.39 is 0 Å². The fourth-order valence-electron chi connectivity index (χ4n) is 1.42. The summed E-state index contributed by atoms with van der Waals surface area (Å²) in [7, 11) is 0. The number of benzene rings is 1. The highest BCUT2D eigenvalue weighted by Crippen LogP contribution is 2.15. The van der Waals surface area contributed by atoms with E-state index in [-0.39, 0.29) is 17.5 Å². The van der Waals surface area contributed by atoms with Crippen LogP contribution in [0, 0.1) is 5.92 Å². The van der Waals surface area contributed by atoms with E-state index in [9.17, 15) is 9.59 Å². The molecular weight excluding hydrogens is 200 g/mol. The normalized spacial score (nSPS) is 10.9. The van der Waals surface area contributed by atoms with Crippen LogP contribution < -0.4 is 0 Å². The van der Waals surface area contributed by atoms with Crippen LogP contribution in [-0.4, -0.2) is 11.6 Å². The minimum absolute atomic E-state index is 0.239. The average molecular weight is 218 g/mol. The lowest BCUT2D eigenvalue weighted by atomic mass is 9.96. The summed E-state index contributed by atoms with van der Waals surface area (Å²) in [6.07, 6.45) is 0. The van der Waals surface area contributed by atoms with Gasteiger partial charge in [0.05, 0.1) is 0 Å². The maximum atomic E-state index is 11.7. The quantitative estimate of drug-likeness (QED) is 0.574. The number of Topliss-reactive ketones (excluding diaryl/α,β-unsaturated/α-hetero) is 2. The van der Waals surface area contributed by atoms with Crippen LogP contribution in [0.15, 0.2) is 24.3 Å². The van der Waals surface area contributed by atoms with Crippen molar-refractivity contribution in [1.29, 1.82) is 0 Å². The van der Waals surface area contributed by atoms with E-state index in [2.05, 4.69) is 13.8 Å². The van der Waals surface area contributed by atoms with Crippen molar-refractivity contribution in [1.82, 2.24) is 0 Å². The zero-order valence-corrected chi connectivity index (χ0v) is 10.3. The predicted octanol–water partition coefficient (Wildman–Crippen LogP) is 3.22. The zero-order valence-electron chi connectivity index (χ0n) is 10.3. The molecule has 86 valence electrons. The number of ketones is 2. The van der Waals surface area contributed by atoms with Crippen molar-refractivity contribution in [3.05, 3.63) is 35.4 Å². The van der Waals surface area contributed by atoms with Crippen molar-refractivity contribution < 1.29 is 9.59 Å². The molecule has 0 bridgehead atoms. The van der Waals surface area contributed by atoms with Crippen LogP contribution in [0.4, 0.5) is 0 Å². The largest absolute Gasteiger partial charge is 0.290 e. The van der Waals surface area contributed by atoms with Crippen molar-refractivity contribution >= 4 is 11.6 Å². The van der Waals surface area contributed by atoms with E-state index in [1.807, 2.05) is 12.1 Å². The Hall–Kier alpha value is -1.44. The summed E-state index contributed by atoms with van der Waals surface area (Å²) < 4.78 is 0. The summed E-state index contributed by atoms with van der Waals surface area (Å²) in [5, 5.41) is 0. The van der Waals surface area contributed by atoms with Gasteiger partial charge in [-0.05, 0) is 11.5 Å². The van der Waals surface area contributed by atoms with Crippen molar-refractivity contribution in [3.63, 3.8) is 0 Å². The molecule has 0 saturated carbocycles. The van der Waals surface area contributed by atoms with Gasteiger partial charge >= 0.3 is 0 Å². The number of carbonyl (C=O) groups excluding carboxylic acids is 2. The molecule has 0 atom stereocenters. The number of carbonyl (C=O) groups is 2. The highest BCUT2D eigenvalue weighted by atomic mass is 16.2. The summed E-state index contributed by atoms with van der Waals surface area (Å²) >= 11 is 0. The molecule has 1 aromatic rings. The third-order valence-corrected chi connectivity index (χ3v) is 2.59. The van der Waals surface area contributed by atoms with E-state index in [4.69, 9.17) is 0 Å². The fourth-order valence-corrected chi connectivity index (χ4v) is 1.42. The Morgan fingerprint density at radius 2 is 1.44 bits per heavy atom. The highest BCUT2D eigenvalue weighted by molar-refractivity contribution is 6.44. The molecule has 0 aliphatic heterocycles. The Morgan fingerprint density at radius 1 is 0.938 bits per heavy atom. The second-order valence-electron chi connectivity index (χ2n) is 4.62. The second-order valence-corrected chi connectivity index (χ2v) is 4.62. The van der Waals surface area contributed by atoms with Crippen LogP contribution in [0.3, 0.4) is 0 Å². The van der Waals surface area contributed by atoms with Crippen LogP contribution in [0.25, 0.3) is 0 Å². The van der Waals surface area contributed by atoms with Crippen molar-refractivity contribution in [2.45, 2.75) is 33.6 Å². The molecule has 0 aromatic heterocycles. The van der Waals surface area contributed by atoms with Gasteiger partial charge in [-0.2, -0.15) is 0 Å². The Labute approximate surface area is 96.7 Å². The van der Waals surface area contributed by atoms with Gasteiger partial charge in [-0.1, -0.05) is 52.0 Å². The molecule has 0 amide bonds. The average Bonchev–Trinajstić information content (AvgIpc) is 2.27. The molecule has 1 aromatic carbocycles. The van der Waals surface area contributed by atoms with Gasteiger partial charge in [-0.15, -0.1) is 0 Å². The highest BCUT2D eigenvalue weighted by Gasteiger charge is 2.19. The molecule has 0 unspecified atom stereocenters. The van der Waals surface area contributed by atoms with Crippen LogP contribution in [0.5, 0.6) is 0 Å². The van der Waals surface area contributed by atoms with Gasteiger partial charge < -0.3 is 0 Å². The fraction of sp³-hybridized carbons (Fsp3) is 0.429. The first kappa shape index (κ1) is 12.6. The van der Waals surface area contributed by atoms with Gasteiger partial charge in [0.25, 0.3) is 0 Å². The molecule has 0 spiro atoms. The molecule has 0 saturated heterocycles. The summed E-state index contributed by atoms with van der Waals surface area (Å²) in [5.41, 5.74) is 1.66. The van der Waals surface area contributed by atoms with Crippen LogP contribution in [-0.2, 0) is 4.79 Å². The molecule has 0 N–H and O–H groups in total. The van der Waals surface area contributed by atoms with Crippen molar-refractivity contribution in [2.24, 2.45) is 5.92 Å². The molecule has 2 nitrogen and oxygen atoms in total. The van der Waals surface area contributed by atoms with Crippen molar-refractivity contribution in [2.75, 3.05) is 0 Å². The summed E-state index contributed by atoms with van der Waals surface area (Å²) in [6, 6.07) is 7.28. The third kappa shape index (κ3) is 2.78. The smallest absolute Gasteiger partial charge is 0.228 e. The SMILES string of the molecule is CC(C)C(=O)C(=O)c1ccc(C(C)C)cc1. The molecule has 0 aliphatic rings. The van der Waals surface area contributed by atoms with E-state index in [1.165, 1.54) is 5.56 Å². The lowest BCUT2D eigenvalue weighted by Crippen LogP contribution is -2.19. The van der Waals surface area contributed by atoms with E-state index in [0.717, 1.165) is 0 Å². The zero-order chi connectivity index (χ0) is 12.3. The Bertz CT molecular complexity index is 386. The Balaban J connectivity index is 2.90. The van der Waals surface area contributed by atoms with E-state index >= 15 is 0 Å². The maximum Gasteiger partial charge on any atom is 0.228 e. The van der Waals surface area contributed by atoms with Gasteiger partial charge in [0.2, 0.25) is 11.6 Å². The topological polar surface area (TPSA) is 34.1 Å². The third-order valence-electron chi connectivity index (χ3n) is 2.59. The van der Waals surface area contributed by atoms with Gasteiger partial charge in [0.15, 0.2) is 0 Å². The summed E-state index contributed by atoms with van der Waals surface area (Å²) in [5.74, 6) is -0.509. The lowest BCUT2D eigenvalue weighted by molar-refractivity contribution is -0.117. The van der Waals surface area contributed by atoms with Gasteiger partial charge in [0, 0.05) is 11.5 Å². The van der Waals surface area contributed by atoms with Gasteiger partial charge in [0.1, 0.15) is 0 Å². The standard InChI is InChI=1S/C14H18O2/c1-9(2)11-5-7-12(8-6-11)14(16)13(15)10(3)4/h5-10H,1-4H3. The maximum absolute atomic E-state index is 11.7. The minimum atomic E-state index is -0.384. The Kier molecular flexibility index (Phi) is 3.99. The van der Waals surface area contributed by atoms with Crippen molar-refractivity contribution in [3.8, 4) is 0 Å². The monoisotopic (exact) mass is 218 g/mol. The minimum Gasteiger partial charge on any atom is -0.290 e. The first-order valence-electron chi connectivity index (χ1n) is 5.62. The summed E-state index contributed by atoms with van der Waals surface area (Å²) in [4.78, 5) is 23.2. The van der Waals surface area contributed by atoms with Gasteiger partial charge in [-0.3, -0.25) is 9.59 Å². The second kappa shape index (κ2) is 5.06. The predicted molar refractivity (Wildman–Crippen MR) is 64.7 cm³/mol. The Morgan fingerprint density at radius 3 is 1.81 bits per heavy atom. The molecule has 0 radical (unpaired) electrons. The molecule has 16 heavy (non-hydrogen) atoms. The number of hydrogen-bond acceptors (Lipinski definition) is 2. The molecule has 0 heterocycles.